The van der Waals surface area contributed by atoms with E-state index >= 15 is 0 Å². The zero-order valence-corrected chi connectivity index (χ0v) is 8.55. The van der Waals surface area contributed by atoms with Crippen LogP contribution in [0.1, 0.15) is 26.2 Å². The van der Waals surface area contributed by atoms with Gasteiger partial charge < -0.3 is 10.2 Å². The molecule has 1 aliphatic heterocycles. The molecule has 0 saturated carbocycles. The summed E-state index contributed by atoms with van der Waals surface area (Å²) in [6.45, 7) is 6.76. The third kappa shape index (κ3) is 3.80. The van der Waals surface area contributed by atoms with Crippen LogP contribution in [0, 0.1) is 12.3 Å². The predicted octanol–water partition coefficient (Wildman–Crippen LogP) is 1.08. The van der Waals surface area contributed by atoms with E-state index in [2.05, 4.69) is 23.1 Å². The highest BCUT2D eigenvalue weighted by atomic mass is 15.1. The molecule has 0 amide bonds. The summed E-state index contributed by atoms with van der Waals surface area (Å²) < 4.78 is 0. The number of nitrogens with zero attached hydrogens (tertiary/aromatic N) is 1. The van der Waals surface area contributed by atoms with Gasteiger partial charge in [0.2, 0.25) is 0 Å². The van der Waals surface area contributed by atoms with Crippen molar-refractivity contribution < 1.29 is 0 Å². The summed E-state index contributed by atoms with van der Waals surface area (Å²) in [7, 11) is 0. The summed E-state index contributed by atoms with van der Waals surface area (Å²) in [5, 5.41) is 3.49. The quantitative estimate of drug-likeness (QED) is 0.651. The van der Waals surface area contributed by atoms with Crippen molar-refractivity contribution in [3.8, 4) is 12.3 Å². The average molecular weight is 180 g/mol. The summed E-state index contributed by atoms with van der Waals surface area (Å²) in [5.41, 5.74) is 0. The van der Waals surface area contributed by atoms with Crippen LogP contribution in [0.5, 0.6) is 0 Å². The number of rotatable bonds is 4. The Hall–Kier alpha value is -0.520. The van der Waals surface area contributed by atoms with Crippen molar-refractivity contribution in [3.63, 3.8) is 0 Å². The Morgan fingerprint density at radius 3 is 2.69 bits per heavy atom. The number of hydrogen-bond acceptors (Lipinski definition) is 2. The van der Waals surface area contributed by atoms with Gasteiger partial charge in [-0.2, -0.15) is 0 Å². The Kier molecular flexibility index (Phi) is 4.88. The minimum absolute atomic E-state index is 0.743. The van der Waals surface area contributed by atoms with Crippen LogP contribution in [-0.2, 0) is 0 Å². The van der Waals surface area contributed by atoms with Gasteiger partial charge in [0.05, 0.1) is 0 Å². The molecule has 0 aromatic rings. The van der Waals surface area contributed by atoms with Gasteiger partial charge in [-0.3, -0.25) is 0 Å². The largest absolute Gasteiger partial charge is 0.314 e. The van der Waals surface area contributed by atoms with Crippen molar-refractivity contribution in [1.29, 1.82) is 0 Å². The molecule has 74 valence electrons. The normalized spacial score (nSPS) is 20.0. The number of terminal acetylenes is 1. The van der Waals surface area contributed by atoms with Gasteiger partial charge in [-0.15, -0.1) is 12.3 Å². The second kappa shape index (κ2) is 6.01. The molecular weight excluding hydrogens is 160 g/mol. The van der Waals surface area contributed by atoms with E-state index in [0.29, 0.717) is 0 Å². The fraction of sp³-hybridized carbons (Fsp3) is 0.818. The molecule has 0 spiro atoms. The lowest BCUT2D eigenvalue weighted by Crippen LogP contribution is -2.42. The fourth-order valence-corrected chi connectivity index (χ4v) is 1.87. The SMILES string of the molecule is C#CCCN1CCC(NCC)CC1. The van der Waals surface area contributed by atoms with Crippen LogP contribution in [0.25, 0.3) is 0 Å². The molecule has 13 heavy (non-hydrogen) atoms. The highest BCUT2D eigenvalue weighted by molar-refractivity contribution is 4.86. The average Bonchev–Trinajstić information content (AvgIpc) is 2.17. The maximum atomic E-state index is 5.23. The molecular formula is C11H20N2. The minimum Gasteiger partial charge on any atom is -0.314 e. The standard InChI is InChI=1S/C11H20N2/c1-3-5-8-13-9-6-11(7-10-13)12-4-2/h1,11-12H,4-10H2,2H3. The first-order valence-corrected chi connectivity index (χ1v) is 5.26. The first-order valence-electron chi connectivity index (χ1n) is 5.26. The third-order valence-electron chi connectivity index (χ3n) is 2.65. The van der Waals surface area contributed by atoms with Gasteiger partial charge in [-0.1, -0.05) is 6.92 Å². The van der Waals surface area contributed by atoms with Crippen molar-refractivity contribution in [2.45, 2.75) is 32.2 Å². The zero-order chi connectivity index (χ0) is 9.52. The lowest BCUT2D eigenvalue weighted by molar-refractivity contribution is 0.203. The summed E-state index contributed by atoms with van der Waals surface area (Å²) in [6.07, 6.45) is 8.68. The molecule has 1 N–H and O–H groups in total. The minimum atomic E-state index is 0.743. The Bertz CT molecular complexity index is 163. The molecule has 2 nitrogen and oxygen atoms in total. The van der Waals surface area contributed by atoms with Crippen LogP contribution >= 0.6 is 0 Å². The molecule has 0 atom stereocenters. The Morgan fingerprint density at radius 2 is 2.15 bits per heavy atom. The smallest absolute Gasteiger partial charge is 0.0214 e. The Labute approximate surface area is 81.7 Å². The Morgan fingerprint density at radius 1 is 1.46 bits per heavy atom. The highest BCUT2D eigenvalue weighted by Gasteiger charge is 2.16. The molecule has 2 heteroatoms. The van der Waals surface area contributed by atoms with E-state index in [1.807, 2.05) is 0 Å². The maximum Gasteiger partial charge on any atom is 0.0214 e. The number of hydrogen-bond donors (Lipinski definition) is 1. The molecule has 0 radical (unpaired) electrons. The van der Waals surface area contributed by atoms with Crippen molar-refractivity contribution in [3.05, 3.63) is 0 Å². The second-order valence-corrected chi connectivity index (χ2v) is 3.63. The van der Waals surface area contributed by atoms with E-state index in [9.17, 15) is 0 Å². The van der Waals surface area contributed by atoms with Crippen LogP contribution < -0.4 is 5.32 Å². The van der Waals surface area contributed by atoms with Crippen molar-refractivity contribution in [2.75, 3.05) is 26.2 Å². The molecule has 0 unspecified atom stereocenters. The fourth-order valence-electron chi connectivity index (χ4n) is 1.87. The summed E-state index contributed by atoms with van der Waals surface area (Å²) in [5.74, 6) is 2.69. The van der Waals surface area contributed by atoms with Gasteiger partial charge >= 0.3 is 0 Å². The topological polar surface area (TPSA) is 15.3 Å². The second-order valence-electron chi connectivity index (χ2n) is 3.63. The van der Waals surface area contributed by atoms with Gasteiger partial charge in [0.25, 0.3) is 0 Å². The van der Waals surface area contributed by atoms with Crippen LogP contribution in [-0.4, -0.2) is 37.1 Å². The Balaban J connectivity index is 2.12. The van der Waals surface area contributed by atoms with Crippen LogP contribution in [0.4, 0.5) is 0 Å². The van der Waals surface area contributed by atoms with E-state index in [0.717, 1.165) is 25.6 Å². The van der Waals surface area contributed by atoms with Gasteiger partial charge in [0, 0.05) is 19.0 Å². The van der Waals surface area contributed by atoms with Gasteiger partial charge in [-0.25, -0.2) is 0 Å². The van der Waals surface area contributed by atoms with E-state index in [1.165, 1.54) is 25.9 Å². The van der Waals surface area contributed by atoms with Crippen molar-refractivity contribution in [2.24, 2.45) is 0 Å². The van der Waals surface area contributed by atoms with Crippen LogP contribution in [0.2, 0.25) is 0 Å². The van der Waals surface area contributed by atoms with E-state index in [1.54, 1.807) is 0 Å². The monoisotopic (exact) mass is 180 g/mol. The molecule has 0 bridgehead atoms. The molecule has 0 aromatic heterocycles. The maximum absolute atomic E-state index is 5.23. The lowest BCUT2D eigenvalue weighted by Gasteiger charge is -2.31. The van der Waals surface area contributed by atoms with E-state index in [-0.39, 0.29) is 0 Å². The summed E-state index contributed by atoms with van der Waals surface area (Å²) in [4.78, 5) is 2.47. The third-order valence-corrected chi connectivity index (χ3v) is 2.65. The highest BCUT2D eigenvalue weighted by Crippen LogP contribution is 2.09. The van der Waals surface area contributed by atoms with E-state index in [4.69, 9.17) is 6.42 Å². The van der Waals surface area contributed by atoms with Crippen LogP contribution in [0.15, 0.2) is 0 Å². The molecule has 1 heterocycles. The first-order chi connectivity index (χ1) is 6.36. The van der Waals surface area contributed by atoms with Gasteiger partial charge in [-0.05, 0) is 32.5 Å². The van der Waals surface area contributed by atoms with Crippen molar-refractivity contribution in [1.82, 2.24) is 10.2 Å². The van der Waals surface area contributed by atoms with Gasteiger partial charge in [0.15, 0.2) is 0 Å². The van der Waals surface area contributed by atoms with Gasteiger partial charge in [0.1, 0.15) is 0 Å². The predicted molar refractivity (Wildman–Crippen MR) is 56.6 cm³/mol. The van der Waals surface area contributed by atoms with Crippen LogP contribution in [0.3, 0.4) is 0 Å². The van der Waals surface area contributed by atoms with Crippen molar-refractivity contribution >= 4 is 0 Å². The molecule has 0 aromatic carbocycles. The molecule has 1 fully saturated rings. The number of nitrogens with one attached hydrogen (secondary N) is 1. The molecule has 0 aliphatic carbocycles. The van der Waals surface area contributed by atoms with E-state index < -0.39 is 0 Å². The molecule has 1 aliphatic rings. The summed E-state index contributed by atoms with van der Waals surface area (Å²) in [6, 6.07) is 0.743. The number of piperidine rings is 1. The number of likely N-dealkylation sites (tertiary alicyclic amines) is 1. The molecule has 1 rings (SSSR count). The summed E-state index contributed by atoms with van der Waals surface area (Å²) >= 11 is 0. The first kappa shape index (κ1) is 10.6. The molecule has 1 saturated heterocycles. The lowest BCUT2D eigenvalue weighted by atomic mass is 10.1. The zero-order valence-electron chi connectivity index (χ0n) is 8.55.